The van der Waals surface area contributed by atoms with Crippen LogP contribution in [-0.4, -0.2) is 78.3 Å². The fourth-order valence-electron chi connectivity index (χ4n) is 5.52. The van der Waals surface area contributed by atoms with Crippen LogP contribution in [0.2, 0.25) is 0 Å². The third-order valence-electron chi connectivity index (χ3n) is 7.80. The molecule has 0 saturated carbocycles. The molecule has 39 heavy (non-hydrogen) atoms. The van der Waals surface area contributed by atoms with Crippen LogP contribution in [-0.2, 0) is 6.54 Å². The summed E-state index contributed by atoms with van der Waals surface area (Å²) in [5.41, 5.74) is 6.97. The van der Waals surface area contributed by atoms with Gasteiger partial charge in [0, 0.05) is 70.0 Å². The third kappa shape index (κ3) is 5.60. The predicted octanol–water partition coefficient (Wildman–Crippen LogP) is 3.34. The van der Waals surface area contributed by atoms with E-state index in [-0.39, 0.29) is 5.91 Å². The number of nitrogens with zero attached hydrogens (tertiary/aromatic N) is 6. The lowest BCUT2D eigenvalue weighted by Crippen LogP contribution is -2.49. The first-order valence-electron chi connectivity index (χ1n) is 13.4. The molecule has 3 aromatic rings. The summed E-state index contributed by atoms with van der Waals surface area (Å²) in [7, 11) is 0. The first kappa shape index (κ1) is 26.3. The number of hydrogen-bond donors (Lipinski definition) is 0. The number of carbonyl (C=O) groups is 1. The van der Waals surface area contributed by atoms with Crippen LogP contribution in [0, 0.1) is 38.5 Å². The van der Waals surface area contributed by atoms with E-state index in [0.717, 1.165) is 79.6 Å². The lowest BCUT2D eigenvalue weighted by atomic mass is 9.98. The van der Waals surface area contributed by atoms with Crippen molar-refractivity contribution in [3.05, 3.63) is 82.0 Å². The minimum Gasteiger partial charge on any atom is -0.367 e. The van der Waals surface area contributed by atoms with E-state index < -0.39 is 0 Å². The highest BCUT2D eigenvalue weighted by atomic mass is 16.2. The van der Waals surface area contributed by atoms with E-state index in [1.54, 1.807) is 6.20 Å². The van der Waals surface area contributed by atoms with Crippen molar-refractivity contribution in [2.75, 3.05) is 62.2 Å². The van der Waals surface area contributed by atoms with E-state index in [4.69, 9.17) is 12.8 Å². The Morgan fingerprint density at radius 2 is 1.54 bits per heavy atom. The molecule has 0 unspecified atom stereocenters. The molecule has 2 saturated heterocycles. The number of rotatable bonds is 5. The van der Waals surface area contributed by atoms with Crippen molar-refractivity contribution in [3.8, 4) is 24.7 Å². The molecule has 2 aliphatic heterocycles. The molecule has 1 amide bonds. The molecule has 0 bridgehead atoms. The van der Waals surface area contributed by atoms with Gasteiger partial charge in [-0.3, -0.25) is 9.69 Å². The second kappa shape index (κ2) is 11.6. The van der Waals surface area contributed by atoms with Gasteiger partial charge in [0.15, 0.2) is 5.82 Å². The first-order chi connectivity index (χ1) is 19.0. The molecule has 1 aromatic heterocycles. The number of terminal acetylenes is 2. The summed E-state index contributed by atoms with van der Waals surface area (Å²) in [6.07, 6.45) is 13.0. The van der Waals surface area contributed by atoms with Crippen molar-refractivity contribution in [2.24, 2.45) is 0 Å². The Morgan fingerprint density at radius 3 is 2.26 bits per heavy atom. The minimum absolute atomic E-state index is 0.105. The highest BCUT2D eigenvalue weighted by Crippen LogP contribution is 2.24. The standard InChI is InChI=1S/C32H34N6O/c1-5-26-9-7-8-10-30(26)36-17-19-38(20-18-36)32(39)29-22-28(24(3)21-25(29)4)23-35-13-15-37(16-14-35)31-27(6-2)11-12-33-34-31/h1-2,7-12,21-22H,13-20,23H2,3-4H3. The number of para-hydroxylation sites is 1. The summed E-state index contributed by atoms with van der Waals surface area (Å²) in [6, 6.07) is 14.1. The van der Waals surface area contributed by atoms with Crippen LogP contribution in [0.4, 0.5) is 11.5 Å². The quantitative estimate of drug-likeness (QED) is 0.483. The highest BCUT2D eigenvalue weighted by molar-refractivity contribution is 5.96. The van der Waals surface area contributed by atoms with Gasteiger partial charge in [-0.05, 0) is 54.8 Å². The number of aromatic nitrogens is 2. The number of amides is 1. The number of hydrogen-bond acceptors (Lipinski definition) is 6. The first-order valence-corrected chi connectivity index (χ1v) is 13.4. The van der Waals surface area contributed by atoms with Crippen molar-refractivity contribution in [2.45, 2.75) is 20.4 Å². The van der Waals surface area contributed by atoms with Gasteiger partial charge < -0.3 is 14.7 Å². The van der Waals surface area contributed by atoms with Gasteiger partial charge in [0.05, 0.1) is 17.4 Å². The molecule has 198 valence electrons. The second-order valence-corrected chi connectivity index (χ2v) is 10.2. The molecule has 0 spiro atoms. The van der Waals surface area contributed by atoms with E-state index in [1.165, 1.54) is 11.1 Å². The van der Waals surface area contributed by atoms with Gasteiger partial charge in [-0.15, -0.1) is 17.9 Å². The summed E-state index contributed by atoms with van der Waals surface area (Å²) in [5, 5.41) is 8.29. The molecule has 2 fully saturated rings. The maximum Gasteiger partial charge on any atom is 0.254 e. The molecular weight excluding hydrogens is 484 g/mol. The number of benzene rings is 2. The van der Waals surface area contributed by atoms with Crippen LogP contribution in [0.5, 0.6) is 0 Å². The molecule has 0 radical (unpaired) electrons. The van der Waals surface area contributed by atoms with Gasteiger partial charge >= 0.3 is 0 Å². The molecule has 2 aliphatic rings. The van der Waals surface area contributed by atoms with Crippen LogP contribution in [0.1, 0.15) is 38.2 Å². The van der Waals surface area contributed by atoms with Crippen molar-refractivity contribution in [1.29, 1.82) is 0 Å². The Hall–Kier alpha value is -4.33. The van der Waals surface area contributed by atoms with Crippen molar-refractivity contribution in [3.63, 3.8) is 0 Å². The minimum atomic E-state index is 0.105. The fraction of sp³-hybridized carbons (Fsp3) is 0.344. The monoisotopic (exact) mass is 518 g/mol. The van der Waals surface area contributed by atoms with Crippen LogP contribution in [0.25, 0.3) is 0 Å². The summed E-state index contributed by atoms with van der Waals surface area (Å²) in [4.78, 5) is 22.5. The van der Waals surface area contributed by atoms with Crippen LogP contribution in [0.15, 0.2) is 48.7 Å². The highest BCUT2D eigenvalue weighted by Gasteiger charge is 2.26. The average molecular weight is 519 g/mol. The molecule has 0 atom stereocenters. The topological polar surface area (TPSA) is 55.8 Å². The van der Waals surface area contributed by atoms with Crippen molar-refractivity contribution >= 4 is 17.4 Å². The summed E-state index contributed by atoms with van der Waals surface area (Å²) in [5.74, 6) is 6.37. The maximum absolute atomic E-state index is 13.6. The van der Waals surface area contributed by atoms with Gasteiger partial charge in [0.1, 0.15) is 0 Å². The Balaban J connectivity index is 1.23. The average Bonchev–Trinajstić information content (AvgIpc) is 2.98. The smallest absolute Gasteiger partial charge is 0.254 e. The van der Waals surface area contributed by atoms with Crippen LogP contribution < -0.4 is 9.80 Å². The molecule has 5 rings (SSSR count). The number of piperazine rings is 2. The Labute approximate surface area is 231 Å². The summed E-state index contributed by atoms with van der Waals surface area (Å²) >= 11 is 0. The normalized spacial score (nSPS) is 16.1. The largest absolute Gasteiger partial charge is 0.367 e. The number of carbonyl (C=O) groups excluding carboxylic acids is 1. The Kier molecular flexibility index (Phi) is 7.81. The summed E-state index contributed by atoms with van der Waals surface area (Å²) < 4.78 is 0. The van der Waals surface area contributed by atoms with Crippen molar-refractivity contribution in [1.82, 2.24) is 20.0 Å². The van der Waals surface area contributed by atoms with Gasteiger partial charge in [0.2, 0.25) is 0 Å². The molecule has 7 heteroatoms. The molecular formula is C32H34N6O. The predicted molar refractivity (Wildman–Crippen MR) is 156 cm³/mol. The molecule has 0 aliphatic carbocycles. The maximum atomic E-state index is 13.6. The zero-order chi connectivity index (χ0) is 27.4. The Morgan fingerprint density at radius 1 is 0.846 bits per heavy atom. The summed E-state index contributed by atoms with van der Waals surface area (Å²) in [6.45, 7) is 11.3. The molecule has 3 heterocycles. The third-order valence-corrected chi connectivity index (χ3v) is 7.80. The zero-order valence-electron chi connectivity index (χ0n) is 22.7. The SMILES string of the molecule is C#Cc1ccccc1N1CCN(C(=O)c2cc(CN3CCN(c4nnccc4C#C)CC3)c(C)cc2C)CC1. The lowest BCUT2D eigenvalue weighted by molar-refractivity contribution is 0.0746. The number of anilines is 2. The van der Waals surface area contributed by atoms with Gasteiger partial charge in [-0.25, -0.2) is 0 Å². The lowest BCUT2D eigenvalue weighted by Gasteiger charge is -2.37. The van der Waals surface area contributed by atoms with E-state index >= 15 is 0 Å². The zero-order valence-corrected chi connectivity index (χ0v) is 22.7. The van der Waals surface area contributed by atoms with E-state index in [2.05, 4.69) is 61.9 Å². The molecule has 0 N–H and O–H groups in total. The van der Waals surface area contributed by atoms with Gasteiger partial charge in [-0.1, -0.05) is 30.0 Å². The number of aryl methyl sites for hydroxylation is 2. The molecule has 2 aromatic carbocycles. The second-order valence-electron chi connectivity index (χ2n) is 10.2. The molecule has 7 nitrogen and oxygen atoms in total. The van der Waals surface area contributed by atoms with Gasteiger partial charge in [0.25, 0.3) is 5.91 Å². The van der Waals surface area contributed by atoms with E-state index in [0.29, 0.717) is 13.1 Å². The van der Waals surface area contributed by atoms with Crippen LogP contribution in [0.3, 0.4) is 0 Å². The van der Waals surface area contributed by atoms with E-state index in [1.807, 2.05) is 36.1 Å². The van der Waals surface area contributed by atoms with Gasteiger partial charge in [-0.2, -0.15) is 5.10 Å². The fourth-order valence-corrected chi connectivity index (χ4v) is 5.52. The Bertz CT molecular complexity index is 1440. The van der Waals surface area contributed by atoms with Crippen LogP contribution >= 0.6 is 0 Å². The van der Waals surface area contributed by atoms with Crippen molar-refractivity contribution < 1.29 is 4.79 Å². The van der Waals surface area contributed by atoms with E-state index in [9.17, 15) is 4.79 Å².